The van der Waals surface area contributed by atoms with Crippen molar-refractivity contribution in [3.63, 3.8) is 0 Å². The van der Waals surface area contributed by atoms with Crippen LogP contribution in [0.2, 0.25) is 0 Å². The lowest BCUT2D eigenvalue weighted by Gasteiger charge is -2.11. The molecule has 8 nitrogen and oxygen atoms in total. The molecule has 1 fully saturated rings. The van der Waals surface area contributed by atoms with Crippen LogP contribution in [0.4, 0.5) is 0 Å². The maximum absolute atomic E-state index is 12.2. The van der Waals surface area contributed by atoms with E-state index in [9.17, 15) is 9.59 Å². The summed E-state index contributed by atoms with van der Waals surface area (Å²) in [4.78, 5) is 24.2. The number of hydrogen-bond donors (Lipinski definition) is 2. The average Bonchev–Trinajstić information content (AvgIpc) is 2.99. The summed E-state index contributed by atoms with van der Waals surface area (Å²) in [7, 11) is 0. The SMILES string of the molecule is C#CCCC1(CCNC(=O)c2cnn(CC(=O)NC3CCCC3)c2)N=N1. The molecule has 2 amide bonds. The molecule has 1 aliphatic carbocycles. The van der Waals surface area contributed by atoms with Crippen molar-refractivity contribution in [3.05, 3.63) is 18.0 Å². The summed E-state index contributed by atoms with van der Waals surface area (Å²) in [6.07, 6.45) is 14.7. The molecule has 0 spiro atoms. The van der Waals surface area contributed by atoms with Gasteiger partial charge in [-0.05, 0) is 12.8 Å². The Morgan fingerprint density at radius 1 is 1.31 bits per heavy atom. The first-order valence-corrected chi connectivity index (χ1v) is 9.08. The van der Waals surface area contributed by atoms with Gasteiger partial charge in [0.1, 0.15) is 6.54 Å². The minimum Gasteiger partial charge on any atom is -0.352 e. The summed E-state index contributed by atoms with van der Waals surface area (Å²) < 4.78 is 1.49. The average molecular weight is 356 g/mol. The van der Waals surface area contributed by atoms with E-state index in [4.69, 9.17) is 6.42 Å². The number of rotatable bonds is 9. The Balaban J connectivity index is 1.40. The zero-order chi connectivity index (χ0) is 18.4. The molecule has 0 aromatic carbocycles. The molecule has 138 valence electrons. The summed E-state index contributed by atoms with van der Waals surface area (Å²) in [5.41, 5.74) is 0.0309. The summed E-state index contributed by atoms with van der Waals surface area (Å²) in [6, 6.07) is 0.279. The molecule has 1 aromatic rings. The van der Waals surface area contributed by atoms with Gasteiger partial charge in [-0.15, -0.1) is 12.3 Å². The van der Waals surface area contributed by atoms with E-state index in [1.54, 1.807) is 6.20 Å². The third-order valence-corrected chi connectivity index (χ3v) is 4.78. The van der Waals surface area contributed by atoms with Crippen LogP contribution in [-0.2, 0) is 11.3 Å². The minimum atomic E-state index is -0.401. The lowest BCUT2D eigenvalue weighted by Crippen LogP contribution is -2.35. The van der Waals surface area contributed by atoms with Crippen molar-refractivity contribution < 1.29 is 9.59 Å². The second kappa shape index (κ2) is 8.13. The van der Waals surface area contributed by atoms with Crippen LogP contribution in [0, 0.1) is 12.3 Å². The van der Waals surface area contributed by atoms with E-state index in [-0.39, 0.29) is 24.4 Å². The number of nitrogens with one attached hydrogen (secondary N) is 2. The molecular weight excluding hydrogens is 332 g/mol. The van der Waals surface area contributed by atoms with Crippen molar-refractivity contribution in [2.75, 3.05) is 6.54 Å². The van der Waals surface area contributed by atoms with Crippen molar-refractivity contribution in [2.45, 2.75) is 63.2 Å². The van der Waals surface area contributed by atoms with E-state index in [0.29, 0.717) is 31.4 Å². The van der Waals surface area contributed by atoms with Crippen molar-refractivity contribution in [1.82, 2.24) is 20.4 Å². The molecule has 8 heteroatoms. The van der Waals surface area contributed by atoms with Crippen molar-refractivity contribution in [2.24, 2.45) is 10.2 Å². The fraction of sp³-hybridized carbons (Fsp3) is 0.611. The van der Waals surface area contributed by atoms with Crippen LogP contribution in [0.1, 0.15) is 55.3 Å². The topological polar surface area (TPSA) is 101 Å². The first-order chi connectivity index (χ1) is 12.6. The van der Waals surface area contributed by atoms with E-state index in [2.05, 4.69) is 31.9 Å². The largest absolute Gasteiger partial charge is 0.352 e. The van der Waals surface area contributed by atoms with Gasteiger partial charge in [-0.3, -0.25) is 14.3 Å². The number of aromatic nitrogens is 2. The van der Waals surface area contributed by atoms with Crippen LogP contribution < -0.4 is 10.6 Å². The van der Waals surface area contributed by atoms with E-state index >= 15 is 0 Å². The molecule has 2 N–H and O–H groups in total. The molecule has 26 heavy (non-hydrogen) atoms. The van der Waals surface area contributed by atoms with Gasteiger partial charge in [0, 0.05) is 38.0 Å². The highest BCUT2D eigenvalue weighted by Gasteiger charge is 2.38. The van der Waals surface area contributed by atoms with E-state index in [0.717, 1.165) is 12.8 Å². The molecule has 1 aromatic heterocycles. The first kappa shape index (κ1) is 18.1. The van der Waals surface area contributed by atoms with Crippen LogP contribution in [0.15, 0.2) is 22.6 Å². The van der Waals surface area contributed by atoms with E-state index in [1.165, 1.54) is 23.7 Å². The van der Waals surface area contributed by atoms with Gasteiger partial charge in [0.2, 0.25) is 5.91 Å². The number of carbonyl (C=O) groups excluding carboxylic acids is 2. The molecule has 0 bridgehead atoms. The van der Waals surface area contributed by atoms with Crippen LogP contribution in [0.5, 0.6) is 0 Å². The van der Waals surface area contributed by atoms with E-state index < -0.39 is 5.66 Å². The normalized spacial score (nSPS) is 17.7. The van der Waals surface area contributed by atoms with Crippen molar-refractivity contribution >= 4 is 11.8 Å². The molecule has 2 heterocycles. The third-order valence-electron chi connectivity index (χ3n) is 4.78. The Hall–Kier alpha value is -2.69. The van der Waals surface area contributed by atoms with Crippen LogP contribution in [-0.4, -0.2) is 39.8 Å². The second-order valence-corrected chi connectivity index (χ2v) is 6.87. The molecule has 0 atom stereocenters. The van der Waals surface area contributed by atoms with Gasteiger partial charge in [0.25, 0.3) is 5.91 Å². The highest BCUT2D eigenvalue weighted by molar-refractivity contribution is 5.93. The Kier molecular flexibility index (Phi) is 5.66. The number of hydrogen-bond acceptors (Lipinski definition) is 5. The Bertz CT molecular complexity index is 720. The predicted molar refractivity (Wildman–Crippen MR) is 95.2 cm³/mol. The quantitative estimate of drug-likeness (QED) is 0.658. The van der Waals surface area contributed by atoms with Crippen LogP contribution >= 0.6 is 0 Å². The van der Waals surface area contributed by atoms with Gasteiger partial charge in [-0.2, -0.15) is 15.3 Å². The third kappa shape index (κ3) is 4.91. The maximum Gasteiger partial charge on any atom is 0.254 e. The fourth-order valence-corrected chi connectivity index (χ4v) is 3.20. The van der Waals surface area contributed by atoms with Crippen LogP contribution in [0.25, 0.3) is 0 Å². The summed E-state index contributed by atoms with van der Waals surface area (Å²) in [5, 5.41) is 18.0. The summed E-state index contributed by atoms with van der Waals surface area (Å²) >= 11 is 0. The van der Waals surface area contributed by atoms with Crippen molar-refractivity contribution in [1.29, 1.82) is 0 Å². The Labute approximate surface area is 152 Å². The van der Waals surface area contributed by atoms with Crippen molar-refractivity contribution in [3.8, 4) is 12.3 Å². The van der Waals surface area contributed by atoms with Gasteiger partial charge < -0.3 is 10.6 Å². The highest BCUT2D eigenvalue weighted by atomic mass is 16.2. The second-order valence-electron chi connectivity index (χ2n) is 6.87. The number of nitrogens with zero attached hydrogens (tertiary/aromatic N) is 4. The number of carbonyl (C=O) groups is 2. The highest BCUT2D eigenvalue weighted by Crippen LogP contribution is 2.36. The lowest BCUT2D eigenvalue weighted by atomic mass is 10.0. The fourth-order valence-electron chi connectivity index (χ4n) is 3.20. The van der Waals surface area contributed by atoms with Gasteiger partial charge in [0.15, 0.2) is 5.66 Å². The van der Waals surface area contributed by atoms with Gasteiger partial charge in [-0.1, -0.05) is 12.8 Å². The molecule has 1 aliphatic heterocycles. The molecule has 2 aliphatic rings. The zero-order valence-corrected chi connectivity index (χ0v) is 14.8. The molecule has 1 saturated carbocycles. The first-order valence-electron chi connectivity index (χ1n) is 9.08. The molecule has 0 unspecified atom stereocenters. The maximum atomic E-state index is 12.2. The van der Waals surface area contributed by atoms with Gasteiger partial charge >= 0.3 is 0 Å². The predicted octanol–water partition coefficient (Wildman–Crippen LogP) is 1.64. The lowest BCUT2D eigenvalue weighted by molar-refractivity contribution is -0.122. The Morgan fingerprint density at radius 2 is 2.08 bits per heavy atom. The Morgan fingerprint density at radius 3 is 2.77 bits per heavy atom. The van der Waals surface area contributed by atoms with Crippen LogP contribution in [0.3, 0.4) is 0 Å². The molecular formula is C18H24N6O2. The standard InChI is InChI=1S/C18H24N6O2/c1-2-3-8-18(22-23-18)9-10-19-17(26)14-11-20-24(12-14)13-16(25)21-15-6-4-5-7-15/h1,11-12,15H,3-10,13H2,(H,19,26)(H,21,25). The van der Waals surface area contributed by atoms with Gasteiger partial charge in [-0.25, -0.2) is 0 Å². The molecule has 0 saturated heterocycles. The number of terminal acetylenes is 1. The summed E-state index contributed by atoms with van der Waals surface area (Å²) in [5.74, 6) is 2.29. The minimum absolute atomic E-state index is 0.0700. The summed E-state index contributed by atoms with van der Waals surface area (Å²) in [6.45, 7) is 0.584. The monoisotopic (exact) mass is 356 g/mol. The molecule has 0 radical (unpaired) electrons. The smallest absolute Gasteiger partial charge is 0.254 e. The van der Waals surface area contributed by atoms with Gasteiger partial charge in [0.05, 0.1) is 11.8 Å². The molecule has 3 rings (SSSR count). The van der Waals surface area contributed by atoms with E-state index in [1.807, 2.05) is 0 Å². The zero-order valence-electron chi connectivity index (χ0n) is 14.8. The number of amides is 2.